The predicted octanol–water partition coefficient (Wildman–Crippen LogP) is 39.5. The topological polar surface area (TPSA) is 39.4 Å². The maximum Gasteiger partial charge on any atom is 0.136 e. The highest BCUT2D eigenvalue weighted by Gasteiger charge is 2.25. The molecule has 29 aromatic rings. The van der Waals surface area contributed by atoms with E-state index < -0.39 is 0 Å². The molecule has 3 heteroatoms. The van der Waals surface area contributed by atoms with Crippen LogP contribution in [0.5, 0.6) is 0 Å². The van der Waals surface area contributed by atoms with Gasteiger partial charge in [0.25, 0.3) is 0 Å². The molecule has 0 aliphatic carbocycles. The van der Waals surface area contributed by atoms with Crippen LogP contribution in [0.25, 0.3) is 285 Å². The number of benzene rings is 26. The zero-order valence-corrected chi connectivity index (χ0v) is 76.9. The molecular formula is C138H86O3. The number of para-hydroxylation sites is 3. The van der Waals surface area contributed by atoms with Crippen molar-refractivity contribution in [3.05, 3.63) is 522 Å². The van der Waals surface area contributed by atoms with E-state index in [0.717, 1.165) is 65.8 Å². The number of hydrogen-bond acceptors (Lipinski definition) is 3. The van der Waals surface area contributed by atoms with Crippen molar-refractivity contribution in [3.8, 4) is 122 Å². The smallest absolute Gasteiger partial charge is 0.136 e. The van der Waals surface area contributed by atoms with E-state index in [-0.39, 0.29) is 0 Å². The Hall–Kier alpha value is -18.5. The second-order valence-electron chi connectivity index (χ2n) is 36.9. The van der Waals surface area contributed by atoms with E-state index >= 15 is 0 Å². The summed E-state index contributed by atoms with van der Waals surface area (Å²) in [6.07, 6.45) is 0. The van der Waals surface area contributed by atoms with Gasteiger partial charge in [-0.2, -0.15) is 0 Å². The number of hydrogen-bond donors (Lipinski definition) is 0. The lowest BCUT2D eigenvalue weighted by molar-refractivity contribution is 0.668. The highest BCUT2D eigenvalue weighted by atomic mass is 16.3. The molecule has 0 radical (unpaired) electrons. The fraction of sp³-hybridized carbons (Fsp3) is 0. The van der Waals surface area contributed by atoms with Crippen LogP contribution in [0.2, 0.25) is 0 Å². The lowest BCUT2D eigenvalue weighted by Gasteiger charge is -2.19. The Labute approximate surface area is 814 Å². The van der Waals surface area contributed by atoms with Gasteiger partial charge in [0.15, 0.2) is 0 Å². The van der Waals surface area contributed by atoms with E-state index in [2.05, 4.69) is 485 Å². The maximum atomic E-state index is 6.23. The molecule has 656 valence electrons. The molecule has 26 aromatic carbocycles. The van der Waals surface area contributed by atoms with E-state index in [0.29, 0.717) is 0 Å². The monoisotopic (exact) mass is 1790 g/mol. The molecule has 0 N–H and O–H groups in total. The molecule has 0 saturated carbocycles. The molecule has 0 aliphatic rings. The Bertz CT molecular complexity index is 9870. The number of rotatable bonds is 11. The van der Waals surface area contributed by atoms with E-state index in [1.165, 1.54) is 219 Å². The Morgan fingerprint density at radius 1 is 0.0993 bits per heavy atom. The van der Waals surface area contributed by atoms with Crippen molar-refractivity contribution in [1.82, 2.24) is 0 Å². The molecule has 0 amide bonds. The van der Waals surface area contributed by atoms with Crippen LogP contribution in [0.4, 0.5) is 0 Å². The minimum absolute atomic E-state index is 0.917. The molecule has 0 fully saturated rings. The highest BCUT2D eigenvalue weighted by molar-refractivity contribution is 6.28. The van der Waals surface area contributed by atoms with Crippen molar-refractivity contribution >= 4 is 163 Å². The summed E-state index contributed by atoms with van der Waals surface area (Å²) in [7, 11) is 0. The minimum atomic E-state index is 0.917. The first-order valence-electron chi connectivity index (χ1n) is 48.5. The molecule has 3 heterocycles. The Morgan fingerprint density at radius 3 is 0.681 bits per heavy atom. The number of fused-ring (bicyclic) bond motifs is 18. The normalized spacial score (nSPS) is 11.7. The molecule has 3 aromatic heterocycles. The van der Waals surface area contributed by atoms with Crippen LogP contribution in [-0.4, -0.2) is 0 Å². The van der Waals surface area contributed by atoms with Gasteiger partial charge in [-0.05, 0) is 286 Å². The zero-order chi connectivity index (χ0) is 93.0. The van der Waals surface area contributed by atoms with Crippen molar-refractivity contribution < 1.29 is 13.3 Å². The van der Waals surface area contributed by atoms with Crippen molar-refractivity contribution in [2.45, 2.75) is 0 Å². The van der Waals surface area contributed by atoms with Crippen LogP contribution in [0, 0.1) is 0 Å². The highest BCUT2D eigenvalue weighted by Crippen LogP contribution is 2.52. The molecule has 0 unspecified atom stereocenters. The van der Waals surface area contributed by atoms with Crippen LogP contribution in [0.15, 0.2) is 535 Å². The molecule has 0 atom stereocenters. The van der Waals surface area contributed by atoms with Crippen LogP contribution in [0.1, 0.15) is 0 Å². The largest absolute Gasteiger partial charge is 0.456 e. The average molecular weight is 1790 g/mol. The summed E-state index contributed by atoms with van der Waals surface area (Å²) < 4.78 is 18.4. The van der Waals surface area contributed by atoms with Gasteiger partial charge in [-0.15, -0.1) is 0 Å². The summed E-state index contributed by atoms with van der Waals surface area (Å²) >= 11 is 0. The second-order valence-corrected chi connectivity index (χ2v) is 36.9. The van der Waals surface area contributed by atoms with Gasteiger partial charge in [-0.3, -0.25) is 0 Å². The summed E-state index contributed by atoms with van der Waals surface area (Å²) in [5.41, 5.74) is 32.7. The van der Waals surface area contributed by atoms with Crippen molar-refractivity contribution in [1.29, 1.82) is 0 Å². The van der Waals surface area contributed by atoms with Crippen LogP contribution < -0.4 is 0 Å². The first-order chi connectivity index (χ1) is 69.9. The van der Waals surface area contributed by atoms with Crippen LogP contribution in [-0.2, 0) is 0 Å². The molecule has 0 aliphatic heterocycles. The van der Waals surface area contributed by atoms with Gasteiger partial charge in [-0.1, -0.05) is 455 Å². The third-order valence-electron chi connectivity index (χ3n) is 29.0. The van der Waals surface area contributed by atoms with E-state index in [9.17, 15) is 0 Å². The van der Waals surface area contributed by atoms with E-state index in [1.807, 2.05) is 36.4 Å². The zero-order valence-electron chi connectivity index (χ0n) is 76.9. The van der Waals surface area contributed by atoms with Crippen molar-refractivity contribution in [2.24, 2.45) is 0 Å². The third kappa shape index (κ3) is 14.2. The molecule has 141 heavy (non-hydrogen) atoms. The van der Waals surface area contributed by atoms with Gasteiger partial charge in [0.05, 0.1) is 0 Å². The lowest BCUT2D eigenvalue weighted by atomic mass is 9.84. The molecule has 0 saturated heterocycles. The van der Waals surface area contributed by atoms with Gasteiger partial charge in [0, 0.05) is 32.3 Å². The Kier molecular flexibility index (Phi) is 20.0. The molecule has 3 nitrogen and oxygen atoms in total. The molecule has 29 rings (SSSR count). The Balaban J connectivity index is 0.000000106. The van der Waals surface area contributed by atoms with Crippen molar-refractivity contribution in [3.63, 3.8) is 0 Å². The maximum absolute atomic E-state index is 6.23. The van der Waals surface area contributed by atoms with Crippen LogP contribution >= 0.6 is 0 Å². The lowest BCUT2D eigenvalue weighted by Crippen LogP contribution is -1.92. The Morgan fingerprint density at radius 2 is 0.319 bits per heavy atom. The van der Waals surface area contributed by atoms with Gasteiger partial charge in [0.1, 0.15) is 33.5 Å². The SMILES string of the molecule is c1ccc(-c2c3ccccc3c(-c3cccc4cc(-c5ccc6oc7ccccc7c6c5)ccc34)c3ccccc23)cc1.c1ccc(-c2ccc(-c3c4ccccc4c(-c4cccc5cc(-c6ccc7oc8ccccc8c7c6)ccc45)c4ccccc34)cc2)cc1.c1ccc(-c2ccc(-c3c4ccccc4c(-c4cccc5cc(-c6cccc7oc8ccccc8c67)ccc45)c4ccccc34)cc2)cc1. The first-order valence-corrected chi connectivity index (χ1v) is 48.5. The summed E-state index contributed by atoms with van der Waals surface area (Å²) in [5.74, 6) is 0. The molecule has 0 spiro atoms. The summed E-state index contributed by atoms with van der Waals surface area (Å²) in [4.78, 5) is 0. The predicted molar refractivity (Wildman–Crippen MR) is 599 cm³/mol. The molecule has 0 bridgehead atoms. The minimum Gasteiger partial charge on any atom is -0.456 e. The van der Waals surface area contributed by atoms with E-state index in [1.54, 1.807) is 0 Å². The summed E-state index contributed by atoms with van der Waals surface area (Å²) in [6, 6.07) is 189. The summed E-state index contributed by atoms with van der Waals surface area (Å²) in [5, 5.41) is 29.5. The second kappa shape index (κ2) is 34.4. The van der Waals surface area contributed by atoms with Crippen LogP contribution in [0.3, 0.4) is 0 Å². The fourth-order valence-electron chi connectivity index (χ4n) is 22.6. The van der Waals surface area contributed by atoms with Gasteiger partial charge >= 0.3 is 0 Å². The summed E-state index contributed by atoms with van der Waals surface area (Å²) in [6.45, 7) is 0. The van der Waals surface area contributed by atoms with E-state index in [4.69, 9.17) is 13.3 Å². The fourth-order valence-corrected chi connectivity index (χ4v) is 22.6. The van der Waals surface area contributed by atoms with Gasteiger partial charge in [0.2, 0.25) is 0 Å². The average Bonchev–Trinajstić information content (AvgIpc) is 1.22. The molecular weight excluding hydrogens is 1710 g/mol. The number of furan rings is 3. The van der Waals surface area contributed by atoms with Gasteiger partial charge in [-0.25, -0.2) is 0 Å². The quantitative estimate of drug-likeness (QED) is 0.121. The van der Waals surface area contributed by atoms with Gasteiger partial charge < -0.3 is 13.3 Å². The van der Waals surface area contributed by atoms with Crippen molar-refractivity contribution in [2.75, 3.05) is 0 Å². The standard InChI is InChI=1S/2C48H30O.C42H26O/c1-2-12-31(13-3-1)32-24-26-33(27-25-32)46-39-15-4-6-17-41(39)47(42-18-7-5-16-40(42)46)38-21-10-14-34-30-35(28-29-36(34)38)37-20-11-23-45-48(37)43-19-8-9-22-44(43)49-45;1-2-11-31(12-3-1)32-21-23-33(24-22-32)47-40-15-4-6-17-42(40)48(43-18-7-5-16-41(43)47)39-19-10-13-36-29-34(25-27-37(36)39)35-26-28-46-44(30-35)38-14-8-9-20-45(38)49-46;1-2-11-27(12-3-1)41-34-15-4-6-17-36(34)42(37-18-7-5-16-35(37)41)33-19-10-13-30-25-28(21-23-31(30)33)29-22-24-40-38(26-29)32-14-8-9-20-39(32)43-40/h2*1-30H;1-26H. The third-order valence-corrected chi connectivity index (χ3v) is 29.0. The first kappa shape index (κ1) is 82.0.